The quantitative estimate of drug-likeness (QED) is 0.793. The highest BCUT2D eigenvalue weighted by atomic mass is 16.2. The first-order chi connectivity index (χ1) is 11.0. The van der Waals surface area contributed by atoms with Gasteiger partial charge in [0.05, 0.1) is 16.7 Å². The summed E-state index contributed by atoms with van der Waals surface area (Å²) < 4.78 is 4.76. The molecule has 120 valence electrons. The number of aromatic nitrogens is 4. The minimum absolute atomic E-state index is 0.0312. The number of nitrogens with one attached hydrogen (secondary N) is 1. The van der Waals surface area contributed by atoms with E-state index in [-0.39, 0.29) is 18.1 Å². The predicted molar refractivity (Wildman–Crippen MR) is 88.4 cm³/mol. The average molecular weight is 313 g/mol. The van der Waals surface area contributed by atoms with Crippen LogP contribution in [0.5, 0.6) is 0 Å². The number of nitrogens with zero attached hydrogens (tertiary/aromatic N) is 4. The first kappa shape index (κ1) is 15.1. The van der Waals surface area contributed by atoms with E-state index in [0.29, 0.717) is 12.4 Å². The summed E-state index contributed by atoms with van der Waals surface area (Å²) in [6.45, 7) is 4.30. The number of anilines is 1. The number of carbonyl (C=O) groups is 1. The summed E-state index contributed by atoms with van der Waals surface area (Å²) in [6.07, 6.45) is 0. The molecule has 23 heavy (non-hydrogen) atoms. The summed E-state index contributed by atoms with van der Waals surface area (Å²) >= 11 is 0. The third-order valence-electron chi connectivity index (χ3n) is 3.81. The molecule has 0 unspecified atom stereocenters. The molecule has 0 saturated carbocycles. The smallest absolute Gasteiger partial charge is 0.309 e. The van der Waals surface area contributed by atoms with Crippen LogP contribution in [0.3, 0.4) is 0 Å². The van der Waals surface area contributed by atoms with Crippen molar-refractivity contribution in [2.45, 2.75) is 26.9 Å². The summed E-state index contributed by atoms with van der Waals surface area (Å²) in [7, 11) is 1.76. The van der Waals surface area contributed by atoms with Gasteiger partial charge in [0.1, 0.15) is 12.4 Å². The van der Waals surface area contributed by atoms with Crippen LogP contribution < -0.4 is 11.0 Å². The van der Waals surface area contributed by atoms with Crippen molar-refractivity contribution in [3.8, 4) is 0 Å². The molecule has 0 saturated heterocycles. The monoisotopic (exact) mass is 313 g/mol. The molecule has 0 spiro atoms. The van der Waals surface area contributed by atoms with Crippen LogP contribution in [0.4, 0.5) is 5.82 Å². The highest BCUT2D eigenvalue weighted by Crippen LogP contribution is 2.13. The fraction of sp³-hybridized carbons (Fsp3) is 0.312. The Hall–Kier alpha value is -2.83. The van der Waals surface area contributed by atoms with E-state index in [1.807, 2.05) is 38.1 Å². The Kier molecular flexibility index (Phi) is 3.77. The van der Waals surface area contributed by atoms with Crippen molar-refractivity contribution in [3.05, 3.63) is 46.5 Å². The second-order valence-corrected chi connectivity index (χ2v) is 5.44. The summed E-state index contributed by atoms with van der Waals surface area (Å²) in [5.41, 5.74) is 2.24. The van der Waals surface area contributed by atoms with Gasteiger partial charge in [-0.1, -0.05) is 12.1 Å². The van der Waals surface area contributed by atoms with Crippen LogP contribution in [0.2, 0.25) is 0 Å². The standard InChI is InChI=1S/C16H19N5O2/c1-4-20-12-7-5-6-8-13(12)21(16(20)23)10-15(22)17-14-9-11(2)18-19(14)3/h5-9H,4,10H2,1-3H3,(H,17,22). The molecule has 0 atom stereocenters. The first-order valence-corrected chi connectivity index (χ1v) is 7.49. The van der Waals surface area contributed by atoms with E-state index in [2.05, 4.69) is 10.4 Å². The van der Waals surface area contributed by atoms with E-state index < -0.39 is 0 Å². The van der Waals surface area contributed by atoms with Crippen molar-refractivity contribution in [1.82, 2.24) is 18.9 Å². The molecular weight excluding hydrogens is 294 g/mol. The molecule has 1 aromatic carbocycles. The van der Waals surface area contributed by atoms with Gasteiger partial charge in [-0.3, -0.25) is 18.6 Å². The van der Waals surface area contributed by atoms with Crippen LogP contribution in [0.25, 0.3) is 11.0 Å². The lowest BCUT2D eigenvalue weighted by Gasteiger charge is -2.06. The van der Waals surface area contributed by atoms with Crippen molar-refractivity contribution in [2.75, 3.05) is 5.32 Å². The van der Waals surface area contributed by atoms with Gasteiger partial charge in [0.25, 0.3) is 0 Å². The number of aryl methyl sites for hydroxylation is 3. The van der Waals surface area contributed by atoms with Gasteiger partial charge >= 0.3 is 5.69 Å². The summed E-state index contributed by atoms with van der Waals surface area (Å²) in [5.74, 6) is 0.355. The van der Waals surface area contributed by atoms with E-state index >= 15 is 0 Å². The van der Waals surface area contributed by atoms with Gasteiger partial charge in [0.2, 0.25) is 5.91 Å². The lowest BCUT2D eigenvalue weighted by molar-refractivity contribution is -0.116. The van der Waals surface area contributed by atoms with Gasteiger partial charge in [-0.05, 0) is 26.0 Å². The molecule has 0 fully saturated rings. The second-order valence-electron chi connectivity index (χ2n) is 5.44. The Balaban J connectivity index is 1.92. The molecule has 3 rings (SSSR count). The van der Waals surface area contributed by atoms with Crippen molar-refractivity contribution in [3.63, 3.8) is 0 Å². The molecule has 1 N–H and O–H groups in total. The Morgan fingerprint density at radius 3 is 2.43 bits per heavy atom. The lowest BCUT2D eigenvalue weighted by Crippen LogP contribution is -2.29. The van der Waals surface area contributed by atoms with Gasteiger partial charge in [0, 0.05) is 19.7 Å². The third-order valence-corrected chi connectivity index (χ3v) is 3.81. The highest BCUT2D eigenvalue weighted by molar-refractivity contribution is 5.91. The number of benzene rings is 1. The number of para-hydroxylation sites is 2. The maximum absolute atomic E-state index is 12.5. The normalized spacial score (nSPS) is 11.1. The maximum atomic E-state index is 12.5. The lowest BCUT2D eigenvalue weighted by atomic mass is 10.3. The van der Waals surface area contributed by atoms with Gasteiger partial charge in [-0.15, -0.1) is 0 Å². The van der Waals surface area contributed by atoms with Crippen molar-refractivity contribution >= 4 is 22.8 Å². The molecule has 0 radical (unpaired) electrons. The molecule has 7 heteroatoms. The number of rotatable bonds is 4. The van der Waals surface area contributed by atoms with Crippen molar-refractivity contribution in [2.24, 2.45) is 7.05 Å². The summed E-state index contributed by atoms with van der Waals surface area (Å²) in [4.78, 5) is 24.8. The number of fused-ring (bicyclic) bond motifs is 1. The van der Waals surface area contributed by atoms with Crippen LogP contribution in [0.15, 0.2) is 35.1 Å². The van der Waals surface area contributed by atoms with Crippen molar-refractivity contribution < 1.29 is 4.79 Å². The fourth-order valence-electron chi connectivity index (χ4n) is 2.78. The van der Waals surface area contributed by atoms with Gasteiger partial charge in [-0.25, -0.2) is 4.79 Å². The zero-order chi connectivity index (χ0) is 16.6. The molecular formula is C16H19N5O2. The largest absolute Gasteiger partial charge is 0.329 e. The molecule has 3 aromatic rings. The molecule has 0 aliphatic rings. The zero-order valence-electron chi connectivity index (χ0n) is 13.4. The molecule has 2 heterocycles. The Morgan fingerprint density at radius 1 is 1.22 bits per heavy atom. The Morgan fingerprint density at radius 2 is 1.87 bits per heavy atom. The van der Waals surface area contributed by atoms with Gasteiger partial charge in [0.15, 0.2) is 0 Å². The topological polar surface area (TPSA) is 73.8 Å². The van der Waals surface area contributed by atoms with Gasteiger partial charge in [-0.2, -0.15) is 5.10 Å². The average Bonchev–Trinajstić information content (AvgIpc) is 2.96. The molecule has 0 bridgehead atoms. The number of hydrogen-bond acceptors (Lipinski definition) is 3. The maximum Gasteiger partial charge on any atom is 0.329 e. The zero-order valence-corrected chi connectivity index (χ0v) is 13.4. The SMILES string of the molecule is CCn1c(=O)n(CC(=O)Nc2cc(C)nn2C)c2ccccc21. The Bertz CT molecular complexity index is 932. The molecule has 2 aromatic heterocycles. The first-order valence-electron chi connectivity index (χ1n) is 7.49. The number of hydrogen-bond donors (Lipinski definition) is 1. The van der Waals surface area contributed by atoms with E-state index in [9.17, 15) is 9.59 Å². The van der Waals surface area contributed by atoms with E-state index in [1.54, 1.807) is 22.4 Å². The van der Waals surface area contributed by atoms with Crippen molar-refractivity contribution in [1.29, 1.82) is 0 Å². The number of amides is 1. The highest BCUT2D eigenvalue weighted by Gasteiger charge is 2.15. The predicted octanol–water partition coefficient (Wildman–Crippen LogP) is 1.50. The van der Waals surface area contributed by atoms with E-state index in [1.165, 1.54) is 4.57 Å². The van der Waals surface area contributed by atoms with Crippen LogP contribution in [0, 0.1) is 6.92 Å². The minimum Gasteiger partial charge on any atom is -0.309 e. The second kappa shape index (κ2) is 5.75. The summed E-state index contributed by atoms with van der Waals surface area (Å²) in [6, 6.07) is 9.27. The third kappa shape index (κ3) is 2.65. The van der Waals surface area contributed by atoms with E-state index in [0.717, 1.165) is 16.7 Å². The van der Waals surface area contributed by atoms with Crippen LogP contribution >= 0.6 is 0 Å². The van der Waals surface area contributed by atoms with E-state index in [4.69, 9.17) is 0 Å². The van der Waals surface area contributed by atoms with Crippen LogP contribution in [-0.2, 0) is 24.9 Å². The van der Waals surface area contributed by atoms with Crippen LogP contribution in [0.1, 0.15) is 12.6 Å². The molecule has 0 aliphatic heterocycles. The minimum atomic E-state index is -0.255. The molecule has 7 nitrogen and oxygen atoms in total. The van der Waals surface area contributed by atoms with Gasteiger partial charge < -0.3 is 5.32 Å². The number of carbonyl (C=O) groups excluding carboxylic acids is 1. The summed E-state index contributed by atoms with van der Waals surface area (Å²) in [5, 5.41) is 6.98. The number of imidazole rings is 1. The molecule has 0 aliphatic carbocycles. The van der Waals surface area contributed by atoms with Crippen LogP contribution in [-0.4, -0.2) is 24.8 Å². The molecule has 1 amide bonds. The Labute approximate surface area is 133 Å². The fourth-order valence-corrected chi connectivity index (χ4v) is 2.78.